The molecule has 104 valence electrons. The molecule has 18 heavy (non-hydrogen) atoms. The molecule has 0 aliphatic carbocycles. The highest BCUT2D eigenvalue weighted by molar-refractivity contribution is 6.13. The zero-order valence-electron chi connectivity index (χ0n) is 8.52. The van der Waals surface area contributed by atoms with Crippen molar-refractivity contribution in [2.75, 3.05) is 19.8 Å². The molecule has 0 spiro atoms. The van der Waals surface area contributed by atoms with E-state index < -0.39 is 40.6 Å². The van der Waals surface area contributed by atoms with Gasteiger partial charge in [0.2, 0.25) is 0 Å². The van der Waals surface area contributed by atoms with Crippen LogP contribution < -0.4 is 4.84 Å². The van der Waals surface area contributed by atoms with Gasteiger partial charge in [0, 0.05) is 0 Å². The first-order valence-corrected chi connectivity index (χ1v) is 4.39. The van der Waals surface area contributed by atoms with Crippen LogP contribution in [0.3, 0.4) is 0 Å². The van der Waals surface area contributed by atoms with Crippen molar-refractivity contribution < 1.29 is 29.8 Å². The zero-order valence-corrected chi connectivity index (χ0v) is 9.27. The molecule has 0 aromatic rings. The lowest BCUT2D eigenvalue weighted by Crippen LogP contribution is -2.54. The Morgan fingerprint density at radius 1 is 0.889 bits per heavy atom. The second kappa shape index (κ2) is 7.23. The predicted octanol–water partition coefficient (Wildman–Crippen LogP) is -0.906. The van der Waals surface area contributed by atoms with Gasteiger partial charge in [-0.2, -0.15) is 0 Å². The average Bonchev–Trinajstić information content (AvgIpc) is 2.28. The molecule has 13 nitrogen and oxygen atoms in total. The van der Waals surface area contributed by atoms with E-state index in [9.17, 15) is 30.3 Å². The molecule has 0 aromatic carbocycles. The van der Waals surface area contributed by atoms with Gasteiger partial charge in [-0.05, 0) is 11.8 Å². The summed E-state index contributed by atoms with van der Waals surface area (Å²) in [6.07, 6.45) is 0. The van der Waals surface area contributed by atoms with Crippen LogP contribution in [-0.4, -0.2) is 40.6 Å². The van der Waals surface area contributed by atoms with E-state index in [0.29, 0.717) is 0 Å². The fourth-order valence-electron chi connectivity index (χ4n) is 0.736. The first-order chi connectivity index (χ1) is 8.31. The molecule has 0 saturated heterocycles. The fraction of sp³-hybridized carbons (Fsp3) is 1.00. The first-order valence-electron chi connectivity index (χ1n) is 4.01. The molecular formula is C4H7ClN4O9. The molecule has 0 radical (unpaired) electrons. The third kappa shape index (κ3) is 6.44. The maximum atomic E-state index is 10.0. The molecule has 0 aliphatic heterocycles. The quantitative estimate of drug-likeness (QED) is 0.302. The maximum absolute atomic E-state index is 10.0. The van der Waals surface area contributed by atoms with E-state index in [1.807, 2.05) is 4.84 Å². The van der Waals surface area contributed by atoms with Gasteiger partial charge in [-0.3, -0.25) is 0 Å². The van der Waals surface area contributed by atoms with Crippen molar-refractivity contribution in [2.45, 2.75) is 5.54 Å². The van der Waals surface area contributed by atoms with Crippen LogP contribution in [0.2, 0.25) is 0 Å². The van der Waals surface area contributed by atoms with Gasteiger partial charge >= 0.3 is 0 Å². The van der Waals surface area contributed by atoms with E-state index in [1.165, 1.54) is 0 Å². The monoisotopic (exact) mass is 290 g/mol. The second-order valence-corrected chi connectivity index (χ2v) is 3.05. The van der Waals surface area contributed by atoms with Crippen molar-refractivity contribution in [1.29, 1.82) is 0 Å². The minimum Gasteiger partial charge on any atom is -0.312 e. The average molecular weight is 291 g/mol. The van der Waals surface area contributed by atoms with Gasteiger partial charge in [-0.25, -0.2) is 4.84 Å². The van der Waals surface area contributed by atoms with Crippen LogP contribution in [0, 0.1) is 30.3 Å². The SMILES string of the molecule is O=[N+]([O-])OCC(CO[N+](=O)[O-])(CO[N+](=O)[O-])NCl. The standard InChI is InChI=1S/C4H7ClN4O9/c5-6-4(1-16-7(10)11,2-17-8(12)13)3-18-9(14)15/h6H,1-3H2. The summed E-state index contributed by atoms with van der Waals surface area (Å²) in [6.45, 7) is -2.57. The third-order valence-corrected chi connectivity index (χ3v) is 1.94. The Bertz CT molecular complexity index is 278. The van der Waals surface area contributed by atoms with Crippen LogP contribution in [0.25, 0.3) is 0 Å². The van der Waals surface area contributed by atoms with E-state index in [4.69, 9.17) is 11.8 Å². The summed E-state index contributed by atoms with van der Waals surface area (Å²) in [6, 6.07) is 0. The molecule has 0 atom stereocenters. The van der Waals surface area contributed by atoms with Crippen LogP contribution in [0.15, 0.2) is 0 Å². The normalized spacial score (nSPS) is 10.5. The van der Waals surface area contributed by atoms with Crippen molar-refractivity contribution in [3.05, 3.63) is 30.3 Å². The molecule has 0 amide bonds. The Morgan fingerprint density at radius 3 is 1.33 bits per heavy atom. The van der Waals surface area contributed by atoms with E-state index >= 15 is 0 Å². The molecule has 0 bridgehead atoms. The number of rotatable bonds is 10. The number of hydrogen-bond acceptors (Lipinski definition) is 10. The van der Waals surface area contributed by atoms with Gasteiger partial charge in [0.25, 0.3) is 15.3 Å². The van der Waals surface area contributed by atoms with Gasteiger partial charge in [-0.15, -0.1) is 30.3 Å². The molecule has 14 heteroatoms. The Balaban J connectivity index is 4.63. The van der Waals surface area contributed by atoms with E-state index in [1.54, 1.807) is 0 Å². The summed E-state index contributed by atoms with van der Waals surface area (Å²) in [7, 11) is 0. The Hall–Kier alpha value is -2.15. The minimum absolute atomic E-state index is 0.856. The first kappa shape index (κ1) is 15.9. The topological polar surface area (TPSA) is 169 Å². The van der Waals surface area contributed by atoms with Crippen LogP contribution in [0.5, 0.6) is 0 Å². The van der Waals surface area contributed by atoms with Crippen LogP contribution >= 0.6 is 11.8 Å². The zero-order chi connectivity index (χ0) is 14.2. The molecule has 0 saturated carbocycles. The van der Waals surface area contributed by atoms with Crippen LogP contribution in [0.1, 0.15) is 0 Å². The smallest absolute Gasteiger partial charge is 0.294 e. The van der Waals surface area contributed by atoms with E-state index in [0.717, 1.165) is 0 Å². The van der Waals surface area contributed by atoms with Crippen molar-refractivity contribution in [1.82, 2.24) is 4.84 Å². The lowest BCUT2D eigenvalue weighted by atomic mass is 10.1. The van der Waals surface area contributed by atoms with Crippen molar-refractivity contribution in [3.63, 3.8) is 0 Å². The molecule has 0 aromatic heterocycles. The predicted molar refractivity (Wildman–Crippen MR) is 50.6 cm³/mol. The fourth-order valence-corrected chi connectivity index (χ4v) is 0.899. The second-order valence-electron chi connectivity index (χ2n) is 2.87. The van der Waals surface area contributed by atoms with Crippen molar-refractivity contribution in [3.8, 4) is 0 Å². The molecule has 0 fully saturated rings. The number of hydrogen-bond donors (Lipinski definition) is 1. The van der Waals surface area contributed by atoms with Crippen LogP contribution in [-0.2, 0) is 14.5 Å². The van der Waals surface area contributed by atoms with Gasteiger partial charge in [0.05, 0.1) is 0 Å². The summed E-state index contributed by atoms with van der Waals surface area (Å²) in [5, 5.41) is 26.4. The molecule has 1 N–H and O–H groups in total. The Kier molecular flexibility index (Phi) is 6.37. The van der Waals surface area contributed by atoms with Gasteiger partial charge in [0.1, 0.15) is 25.4 Å². The number of nitrogens with one attached hydrogen (secondary N) is 1. The summed E-state index contributed by atoms with van der Waals surface area (Å²) in [4.78, 5) is 43.7. The minimum atomic E-state index is -1.84. The van der Waals surface area contributed by atoms with Crippen LogP contribution in [0.4, 0.5) is 0 Å². The maximum Gasteiger partial charge on any atom is 0.294 e. The Labute approximate surface area is 103 Å². The molecule has 0 unspecified atom stereocenters. The molecule has 0 aliphatic rings. The van der Waals surface area contributed by atoms with Gasteiger partial charge < -0.3 is 14.5 Å². The summed E-state index contributed by atoms with van der Waals surface area (Å²) in [5.41, 5.74) is -1.84. The largest absolute Gasteiger partial charge is 0.312 e. The number of halogens is 1. The van der Waals surface area contributed by atoms with E-state index in [2.05, 4.69) is 14.5 Å². The van der Waals surface area contributed by atoms with Crippen molar-refractivity contribution >= 4 is 11.8 Å². The van der Waals surface area contributed by atoms with E-state index in [-0.39, 0.29) is 0 Å². The third-order valence-electron chi connectivity index (χ3n) is 1.54. The van der Waals surface area contributed by atoms with Crippen molar-refractivity contribution in [2.24, 2.45) is 0 Å². The number of nitrogens with zero attached hydrogens (tertiary/aromatic N) is 3. The summed E-state index contributed by atoms with van der Waals surface area (Å²) >= 11 is 5.22. The molecular weight excluding hydrogens is 284 g/mol. The molecule has 0 rings (SSSR count). The summed E-state index contributed by atoms with van der Waals surface area (Å²) < 4.78 is 0. The van der Waals surface area contributed by atoms with Gasteiger partial charge in [-0.1, -0.05) is 0 Å². The molecule has 0 heterocycles. The lowest BCUT2D eigenvalue weighted by Gasteiger charge is -2.28. The lowest BCUT2D eigenvalue weighted by molar-refractivity contribution is -0.778. The summed E-state index contributed by atoms with van der Waals surface area (Å²) in [5.74, 6) is 0. The Morgan fingerprint density at radius 2 is 1.17 bits per heavy atom. The highest BCUT2D eigenvalue weighted by Gasteiger charge is 2.34. The van der Waals surface area contributed by atoms with Gasteiger partial charge in [0.15, 0.2) is 0 Å². The highest BCUT2D eigenvalue weighted by atomic mass is 35.5. The highest BCUT2D eigenvalue weighted by Crippen LogP contribution is 2.10.